The van der Waals surface area contributed by atoms with Gasteiger partial charge in [-0.25, -0.2) is 19.9 Å². The fourth-order valence-electron chi connectivity index (χ4n) is 6.13. The van der Waals surface area contributed by atoms with Gasteiger partial charge in [0.25, 0.3) is 17.7 Å². The van der Waals surface area contributed by atoms with Gasteiger partial charge in [0.05, 0.1) is 23.9 Å². The topological polar surface area (TPSA) is 319 Å². The molecule has 1 saturated carbocycles. The third-order valence-electron chi connectivity index (χ3n) is 9.31. The monoisotopic (exact) mass is 844 g/mol. The minimum absolute atomic E-state index is 0.00744. The zero-order valence-electron chi connectivity index (χ0n) is 34.2. The molecule has 5 rings (SSSR count). The van der Waals surface area contributed by atoms with E-state index in [1.807, 2.05) is 6.92 Å². The number of nitrogens with two attached hydrogens (primary N) is 1. The van der Waals surface area contributed by atoms with Gasteiger partial charge in [0, 0.05) is 97.0 Å². The first-order chi connectivity index (χ1) is 29.4. The number of anilines is 2. The number of H-pyrrole nitrogens is 1. The molecule has 0 spiro atoms. The number of amides is 7. The minimum Gasteiger partial charge on any atom is -0.354 e. The molecule has 61 heavy (non-hydrogen) atoms. The standard InChI is InChI=1S/C38H52N16O7/c1-4-6-30(55)49-28-19-54(3)32(50-28)38(61)52-29-20-53(2)31(51-29)37(60)45-14-12-43-34(57)25-16-24(25)33(56)42-11-13-44-35(58)27(15-23-18-41-21-46-23)48-36(59)26-8-5-7-22(47-26)17-40-10-9-39/h5,7-8,18-21,24-25,27,40H,4,6,9-17,39H2,1-3H3,(H,41,46)(H,42,56)(H,43,57)(H,44,58)(H,45,60)(H,48,59)(H,49,55)(H,52,61)/t24-,25-,27+/m1/s1. The molecule has 1 aliphatic carbocycles. The molecular formula is C38H52N16O7. The molecule has 0 aliphatic heterocycles. The highest BCUT2D eigenvalue weighted by Gasteiger charge is 2.47. The molecule has 0 radical (unpaired) electrons. The molecule has 1 fully saturated rings. The first-order valence-electron chi connectivity index (χ1n) is 19.8. The van der Waals surface area contributed by atoms with Crippen LogP contribution in [0.1, 0.15) is 69.3 Å². The number of nitrogens with zero attached hydrogens (tertiary/aromatic N) is 6. The molecule has 0 saturated heterocycles. The van der Waals surface area contributed by atoms with Gasteiger partial charge >= 0.3 is 0 Å². The summed E-state index contributed by atoms with van der Waals surface area (Å²) in [6, 6.07) is 4.06. The molecule has 4 heterocycles. The molecule has 0 bridgehead atoms. The van der Waals surface area contributed by atoms with Gasteiger partial charge in [0.1, 0.15) is 11.7 Å². The van der Waals surface area contributed by atoms with E-state index < -0.39 is 41.5 Å². The van der Waals surface area contributed by atoms with E-state index in [0.717, 1.165) is 0 Å². The van der Waals surface area contributed by atoms with Crippen molar-refractivity contribution in [2.24, 2.45) is 31.7 Å². The molecule has 4 aromatic heterocycles. The summed E-state index contributed by atoms with van der Waals surface area (Å²) in [5.41, 5.74) is 6.93. The summed E-state index contributed by atoms with van der Waals surface area (Å²) >= 11 is 0. The third kappa shape index (κ3) is 13.2. The number of rotatable bonds is 23. The zero-order chi connectivity index (χ0) is 43.9. The van der Waals surface area contributed by atoms with Crippen molar-refractivity contribution >= 4 is 53.0 Å². The highest BCUT2D eigenvalue weighted by molar-refractivity contribution is 6.02. The Hall–Kier alpha value is -7.01. The van der Waals surface area contributed by atoms with Crippen molar-refractivity contribution in [3.8, 4) is 0 Å². The van der Waals surface area contributed by atoms with Crippen LogP contribution in [-0.4, -0.2) is 121 Å². The average Bonchev–Trinajstić information content (AvgIpc) is 3.47. The second kappa shape index (κ2) is 21.8. The number of carbonyl (C=O) groups excluding carboxylic acids is 7. The highest BCUT2D eigenvalue weighted by atomic mass is 16.2. The number of imidazole rings is 3. The summed E-state index contributed by atoms with van der Waals surface area (Å²) in [6.07, 6.45) is 7.45. The molecule has 1 aliphatic rings. The summed E-state index contributed by atoms with van der Waals surface area (Å²) < 4.78 is 2.88. The predicted octanol–water partition coefficient (Wildman–Crippen LogP) is -1.93. The Morgan fingerprint density at radius 2 is 1.44 bits per heavy atom. The fraction of sp³-hybridized carbons (Fsp3) is 0.447. The van der Waals surface area contributed by atoms with Crippen molar-refractivity contribution in [1.82, 2.24) is 66.0 Å². The van der Waals surface area contributed by atoms with Crippen molar-refractivity contribution < 1.29 is 33.6 Å². The maximum Gasteiger partial charge on any atom is 0.292 e. The molecule has 11 N–H and O–H groups in total. The van der Waals surface area contributed by atoms with Crippen LogP contribution in [0.4, 0.5) is 11.6 Å². The molecule has 0 aromatic carbocycles. The molecule has 23 nitrogen and oxygen atoms in total. The van der Waals surface area contributed by atoms with Gasteiger partial charge in [-0.15, -0.1) is 0 Å². The Kier molecular flexibility index (Phi) is 16.1. The van der Waals surface area contributed by atoms with Crippen LogP contribution in [0.15, 0.2) is 43.1 Å². The van der Waals surface area contributed by atoms with Crippen molar-refractivity contribution in [1.29, 1.82) is 0 Å². The van der Waals surface area contributed by atoms with E-state index in [4.69, 9.17) is 5.73 Å². The summed E-state index contributed by atoms with van der Waals surface area (Å²) in [4.78, 5) is 109. The van der Waals surface area contributed by atoms with E-state index in [2.05, 4.69) is 67.5 Å². The first kappa shape index (κ1) is 45.1. The lowest BCUT2D eigenvalue weighted by Crippen LogP contribution is -2.49. The van der Waals surface area contributed by atoms with Crippen molar-refractivity contribution in [3.63, 3.8) is 0 Å². The van der Waals surface area contributed by atoms with Crippen LogP contribution >= 0.6 is 0 Å². The van der Waals surface area contributed by atoms with Gasteiger partial charge in [-0.05, 0) is 25.0 Å². The number of carbonyl (C=O) groups is 7. The van der Waals surface area contributed by atoms with Gasteiger partial charge in [-0.3, -0.25) is 33.6 Å². The number of hydrogen-bond acceptors (Lipinski definition) is 13. The molecule has 23 heteroatoms. The minimum atomic E-state index is -0.973. The first-order valence-corrected chi connectivity index (χ1v) is 19.8. The van der Waals surface area contributed by atoms with Crippen molar-refractivity contribution in [2.75, 3.05) is 49.9 Å². The number of aryl methyl sites for hydroxylation is 2. The summed E-state index contributed by atoms with van der Waals surface area (Å²) in [5.74, 6) is -3.74. The second-order valence-corrected chi connectivity index (χ2v) is 14.2. The molecule has 326 valence electrons. The maximum atomic E-state index is 13.2. The van der Waals surface area contributed by atoms with Gasteiger partial charge in [0.15, 0.2) is 11.6 Å². The maximum absolute atomic E-state index is 13.2. The van der Waals surface area contributed by atoms with E-state index in [0.29, 0.717) is 50.3 Å². The van der Waals surface area contributed by atoms with Crippen molar-refractivity contribution in [3.05, 3.63) is 71.8 Å². The third-order valence-corrected chi connectivity index (χ3v) is 9.31. The van der Waals surface area contributed by atoms with Crippen LogP contribution in [0.3, 0.4) is 0 Å². The summed E-state index contributed by atoms with van der Waals surface area (Å²) in [6.45, 7) is 3.67. The predicted molar refractivity (Wildman–Crippen MR) is 219 cm³/mol. The Labute approximate surface area is 350 Å². The Bertz CT molecular complexity index is 2180. The van der Waals surface area contributed by atoms with Crippen LogP contribution in [0.5, 0.6) is 0 Å². The molecule has 3 atom stereocenters. The molecule has 4 aromatic rings. The van der Waals surface area contributed by atoms with Crippen molar-refractivity contribution in [2.45, 2.75) is 45.2 Å². The Morgan fingerprint density at radius 1 is 0.803 bits per heavy atom. The van der Waals surface area contributed by atoms with Crippen LogP contribution in [0.25, 0.3) is 0 Å². The summed E-state index contributed by atoms with van der Waals surface area (Å²) in [7, 11) is 3.19. The second-order valence-electron chi connectivity index (χ2n) is 14.2. The zero-order valence-corrected chi connectivity index (χ0v) is 34.2. The Morgan fingerprint density at radius 3 is 2.08 bits per heavy atom. The van der Waals surface area contributed by atoms with Crippen LogP contribution < -0.4 is 48.3 Å². The number of nitrogens with one attached hydrogen (secondary N) is 9. The molecule has 7 amide bonds. The largest absolute Gasteiger partial charge is 0.354 e. The van der Waals surface area contributed by atoms with Gasteiger partial charge in [0.2, 0.25) is 35.3 Å². The normalized spacial score (nSPS) is 14.6. The number of hydrogen-bond donors (Lipinski definition) is 10. The molecule has 0 unspecified atom stereocenters. The van der Waals surface area contributed by atoms with E-state index in [9.17, 15) is 33.6 Å². The van der Waals surface area contributed by atoms with E-state index in [1.165, 1.54) is 27.9 Å². The lowest BCUT2D eigenvalue weighted by molar-refractivity contribution is -0.127. The highest BCUT2D eigenvalue weighted by Crippen LogP contribution is 2.38. The number of aromatic nitrogens is 7. The van der Waals surface area contributed by atoms with E-state index in [-0.39, 0.29) is 79.3 Å². The van der Waals surface area contributed by atoms with Gasteiger partial charge in [-0.1, -0.05) is 13.0 Å². The van der Waals surface area contributed by atoms with E-state index in [1.54, 1.807) is 38.5 Å². The van der Waals surface area contributed by atoms with Gasteiger partial charge in [-0.2, -0.15) is 0 Å². The van der Waals surface area contributed by atoms with Gasteiger partial charge < -0.3 is 62.4 Å². The van der Waals surface area contributed by atoms with Crippen LogP contribution in [-0.2, 0) is 46.2 Å². The quantitative estimate of drug-likeness (QED) is 0.0364. The molecular weight excluding hydrogens is 793 g/mol. The SMILES string of the molecule is CCCC(=O)Nc1cn(C)c(C(=O)Nc2cn(C)c(C(=O)NCCNC(=O)[C@@H]3C[C@H]3C(=O)NCCNC(=O)[C@H](Cc3cnc[nH]3)NC(=O)c3cccc(CNCCN)n3)n2)n1. The summed E-state index contributed by atoms with van der Waals surface area (Å²) in [5, 5.41) is 21.9. The fourth-order valence-corrected chi connectivity index (χ4v) is 6.13. The van der Waals surface area contributed by atoms with Crippen LogP contribution in [0.2, 0.25) is 0 Å². The van der Waals surface area contributed by atoms with E-state index >= 15 is 0 Å². The number of pyridine rings is 1. The smallest absolute Gasteiger partial charge is 0.292 e. The lowest BCUT2D eigenvalue weighted by atomic mass is 10.1. The Balaban J connectivity index is 0.993. The van der Waals surface area contributed by atoms with Crippen LogP contribution in [0, 0.1) is 11.8 Å². The lowest BCUT2D eigenvalue weighted by Gasteiger charge is -2.18. The number of aromatic amines is 1. The average molecular weight is 845 g/mol.